The van der Waals surface area contributed by atoms with Gasteiger partial charge in [-0.3, -0.25) is 9.52 Å². The molecule has 0 saturated carbocycles. The van der Waals surface area contributed by atoms with Crippen molar-refractivity contribution in [2.75, 3.05) is 10.0 Å². The number of benzene rings is 3. The molecule has 6 nitrogen and oxygen atoms in total. The van der Waals surface area contributed by atoms with Gasteiger partial charge in [-0.15, -0.1) is 0 Å². The zero-order valence-electron chi connectivity index (χ0n) is 17.6. The summed E-state index contributed by atoms with van der Waals surface area (Å²) in [6.45, 7) is 5.55. The van der Waals surface area contributed by atoms with Crippen molar-refractivity contribution in [1.29, 1.82) is 0 Å². The van der Waals surface area contributed by atoms with Gasteiger partial charge in [0.1, 0.15) is 5.75 Å². The molecule has 0 aliphatic heterocycles. The number of anilines is 2. The summed E-state index contributed by atoms with van der Waals surface area (Å²) in [5.41, 5.74) is 2.69. The molecule has 32 heavy (non-hydrogen) atoms. The second-order valence-electron chi connectivity index (χ2n) is 7.30. The molecule has 1 atom stereocenters. The van der Waals surface area contributed by atoms with Crippen molar-refractivity contribution >= 4 is 50.5 Å². The van der Waals surface area contributed by atoms with E-state index < -0.39 is 16.1 Å². The van der Waals surface area contributed by atoms with E-state index in [-0.39, 0.29) is 26.5 Å². The number of aryl methyl sites for hydroxylation is 2. The molecule has 3 aromatic carbocycles. The number of carbonyl (C=O) groups is 1. The summed E-state index contributed by atoms with van der Waals surface area (Å²) in [5.74, 6) is 0.251. The van der Waals surface area contributed by atoms with E-state index >= 15 is 0 Å². The van der Waals surface area contributed by atoms with Crippen LogP contribution in [0.25, 0.3) is 0 Å². The van der Waals surface area contributed by atoms with E-state index in [1.807, 2.05) is 32.0 Å². The van der Waals surface area contributed by atoms with Gasteiger partial charge in [0.25, 0.3) is 15.9 Å². The monoisotopic (exact) mass is 492 g/mol. The Morgan fingerprint density at radius 3 is 2.22 bits per heavy atom. The van der Waals surface area contributed by atoms with E-state index in [1.54, 1.807) is 19.1 Å². The second-order valence-corrected chi connectivity index (χ2v) is 9.77. The first-order valence-electron chi connectivity index (χ1n) is 9.68. The minimum atomic E-state index is -3.89. The number of rotatable bonds is 7. The Bertz CT molecular complexity index is 1230. The Balaban J connectivity index is 1.67. The molecule has 3 aromatic rings. The van der Waals surface area contributed by atoms with Crippen molar-refractivity contribution < 1.29 is 17.9 Å². The SMILES string of the molecule is Cc1cc(C)cc(O[C@H](C)C(=O)Nc2ccc(S(=O)(=O)Nc3cccc(Cl)c3Cl)cc2)c1. The maximum atomic E-state index is 12.6. The normalized spacial score (nSPS) is 12.2. The average Bonchev–Trinajstić information content (AvgIpc) is 2.71. The summed E-state index contributed by atoms with van der Waals surface area (Å²) in [6, 6.07) is 16.1. The van der Waals surface area contributed by atoms with Crippen LogP contribution in [0.2, 0.25) is 10.0 Å². The summed E-state index contributed by atoms with van der Waals surface area (Å²) in [4.78, 5) is 12.5. The Kier molecular flexibility index (Phi) is 7.33. The molecule has 0 spiro atoms. The van der Waals surface area contributed by atoms with Crippen LogP contribution in [0.5, 0.6) is 5.75 Å². The molecule has 0 radical (unpaired) electrons. The lowest BCUT2D eigenvalue weighted by Crippen LogP contribution is -2.30. The molecule has 0 aliphatic rings. The van der Waals surface area contributed by atoms with E-state index in [2.05, 4.69) is 10.0 Å². The number of ether oxygens (including phenoxy) is 1. The molecule has 0 heterocycles. The van der Waals surface area contributed by atoms with E-state index in [0.717, 1.165) is 11.1 Å². The molecule has 1 amide bonds. The zero-order chi connectivity index (χ0) is 23.5. The van der Waals surface area contributed by atoms with Crippen LogP contribution in [-0.2, 0) is 14.8 Å². The zero-order valence-corrected chi connectivity index (χ0v) is 20.0. The number of sulfonamides is 1. The van der Waals surface area contributed by atoms with Gasteiger partial charge >= 0.3 is 0 Å². The summed E-state index contributed by atoms with van der Waals surface area (Å²) in [5, 5.41) is 3.07. The molecule has 0 bridgehead atoms. The van der Waals surface area contributed by atoms with Crippen LogP contribution in [0, 0.1) is 13.8 Å². The van der Waals surface area contributed by atoms with Crippen LogP contribution < -0.4 is 14.8 Å². The Morgan fingerprint density at radius 2 is 1.59 bits per heavy atom. The Morgan fingerprint density at radius 1 is 0.969 bits per heavy atom. The molecule has 0 aliphatic carbocycles. The third-order valence-electron chi connectivity index (χ3n) is 4.51. The molecular formula is C23H22Cl2N2O4S. The van der Waals surface area contributed by atoms with Gasteiger partial charge in [-0.05, 0) is 80.4 Å². The molecule has 2 N–H and O–H groups in total. The van der Waals surface area contributed by atoms with Gasteiger partial charge in [0, 0.05) is 5.69 Å². The van der Waals surface area contributed by atoms with Crippen LogP contribution in [-0.4, -0.2) is 20.4 Å². The van der Waals surface area contributed by atoms with Crippen molar-refractivity contribution in [3.8, 4) is 5.75 Å². The Hall–Kier alpha value is -2.74. The largest absolute Gasteiger partial charge is 0.481 e. The van der Waals surface area contributed by atoms with Crippen molar-refractivity contribution in [2.45, 2.75) is 31.8 Å². The number of nitrogens with one attached hydrogen (secondary N) is 2. The fraction of sp³-hybridized carbons (Fsp3) is 0.174. The van der Waals surface area contributed by atoms with Gasteiger partial charge in [0.05, 0.1) is 20.6 Å². The third-order valence-corrected chi connectivity index (χ3v) is 6.71. The minimum absolute atomic E-state index is 0.00563. The lowest BCUT2D eigenvalue weighted by Gasteiger charge is -2.16. The summed E-state index contributed by atoms with van der Waals surface area (Å²) < 4.78 is 33.4. The maximum absolute atomic E-state index is 12.6. The highest BCUT2D eigenvalue weighted by atomic mass is 35.5. The van der Waals surface area contributed by atoms with Gasteiger partial charge in [0.15, 0.2) is 6.10 Å². The lowest BCUT2D eigenvalue weighted by atomic mass is 10.1. The molecule has 3 rings (SSSR count). The highest BCUT2D eigenvalue weighted by Gasteiger charge is 2.18. The molecule has 0 saturated heterocycles. The quantitative estimate of drug-likeness (QED) is 0.435. The first kappa shape index (κ1) is 23.9. The number of halogens is 2. The van der Waals surface area contributed by atoms with E-state index in [0.29, 0.717) is 11.4 Å². The molecule has 9 heteroatoms. The van der Waals surface area contributed by atoms with E-state index in [1.165, 1.54) is 30.3 Å². The minimum Gasteiger partial charge on any atom is -0.481 e. The predicted octanol–water partition coefficient (Wildman–Crippen LogP) is 5.82. The van der Waals surface area contributed by atoms with Crippen molar-refractivity contribution in [2.24, 2.45) is 0 Å². The fourth-order valence-corrected chi connectivity index (χ4v) is 4.48. The Labute approximate surface area is 197 Å². The van der Waals surface area contributed by atoms with Gasteiger partial charge < -0.3 is 10.1 Å². The number of amides is 1. The van der Waals surface area contributed by atoms with Crippen molar-refractivity contribution in [3.63, 3.8) is 0 Å². The highest BCUT2D eigenvalue weighted by Crippen LogP contribution is 2.31. The topological polar surface area (TPSA) is 84.5 Å². The second kappa shape index (κ2) is 9.81. The average molecular weight is 493 g/mol. The molecule has 0 fully saturated rings. The van der Waals surface area contributed by atoms with Crippen LogP contribution in [0.15, 0.2) is 65.6 Å². The third kappa shape index (κ3) is 5.94. The smallest absolute Gasteiger partial charge is 0.265 e. The number of carbonyl (C=O) groups excluding carboxylic acids is 1. The van der Waals surface area contributed by atoms with Crippen molar-refractivity contribution in [3.05, 3.63) is 81.8 Å². The fourth-order valence-electron chi connectivity index (χ4n) is 3.01. The van der Waals surface area contributed by atoms with Gasteiger partial charge in [-0.1, -0.05) is 35.3 Å². The van der Waals surface area contributed by atoms with Crippen LogP contribution in [0.1, 0.15) is 18.1 Å². The highest BCUT2D eigenvalue weighted by molar-refractivity contribution is 7.92. The van der Waals surface area contributed by atoms with E-state index in [9.17, 15) is 13.2 Å². The number of hydrogen-bond donors (Lipinski definition) is 2. The standard InChI is InChI=1S/C23H22Cl2N2O4S/c1-14-11-15(2)13-18(12-14)31-16(3)23(28)26-17-7-9-19(10-8-17)32(29,30)27-21-6-4-5-20(24)22(21)25/h4-13,16,27H,1-3H3,(H,26,28)/t16-/m1/s1. The van der Waals surface area contributed by atoms with Crippen LogP contribution in [0.3, 0.4) is 0 Å². The van der Waals surface area contributed by atoms with Gasteiger partial charge in [-0.2, -0.15) is 0 Å². The lowest BCUT2D eigenvalue weighted by molar-refractivity contribution is -0.122. The van der Waals surface area contributed by atoms with Crippen LogP contribution in [0.4, 0.5) is 11.4 Å². The molecule has 168 valence electrons. The van der Waals surface area contributed by atoms with E-state index in [4.69, 9.17) is 27.9 Å². The first-order valence-corrected chi connectivity index (χ1v) is 11.9. The van der Waals surface area contributed by atoms with Gasteiger partial charge in [-0.25, -0.2) is 8.42 Å². The van der Waals surface area contributed by atoms with Gasteiger partial charge in [0.2, 0.25) is 0 Å². The molecule has 0 aromatic heterocycles. The maximum Gasteiger partial charge on any atom is 0.265 e. The summed E-state index contributed by atoms with van der Waals surface area (Å²) in [6.07, 6.45) is -0.744. The summed E-state index contributed by atoms with van der Waals surface area (Å²) in [7, 11) is -3.89. The molecular weight excluding hydrogens is 471 g/mol. The first-order chi connectivity index (χ1) is 15.0. The van der Waals surface area contributed by atoms with Crippen LogP contribution >= 0.6 is 23.2 Å². The molecule has 0 unspecified atom stereocenters. The predicted molar refractivity (Wildman–Crippen MR) is 128 cm³/mol. The number of hydrogen-bond acceptors (Lipinski definition) is 4. The summed E-state index contributed by atoms with van der Waals surface area (Å²) >= 11 is 12.0. The van der Waals surface area contributed by atoms with Crippen molar-refractivity contribution in [1.82, 2.24) is 0 Å².